The van der Waals surface area contributed by atoms with E-state index in [4.69, 9.17) is 10.8 Å². The Kier molecular flexibility index (Phi) is 10.5. The number of allylic oxidation sites excluding steroid dienone is 2. The van der Waals surface area contributed by atoms with Gasteiger partial charge in [0.05, 0.1) is 11.7 Å². The Hall–Kier alpha value is -1.65. The van der Waals surface area contributed by atoms with Crippen LogP contribution in [-0.2, 0) is 4.79 Å². The van der Waals surface area contributed by atoms with Gasteiger partial charge in [0.15, 0.2) is 0 Å². The molecule has 5 heteroatoms. The first-order valence-electron chi connectivity index (χ1n) is 15.5. The lowest BCUT2D eigenvalue weighted by Crippen LogP contribution is -2.50. The number of fused-ring (bicyclic) bond motifs is 5. The number of nitrogens with two attached hydrogens (primary N) is 1. The van der Waals surface area contributed by atoms with Crippen molar-refractivity contribution in [3.63, 3.8) is 0 Å². The Morgan fingerprint density at radius 3 is 2.46 bits per heavy atom. The van der Waals surface area contributed by atoms with Gasteiger partial charge in [0, 0.05) is 5.70 Å². The third kappa shape index (κ3) is 6.48. The maximum absolute atomic E-state index is 10.2. The summed E-state index contributed by atoms with van der Waals surface area (Å²) in [6.45, 7) is 12.6. The molecule has 0 heterocycles. The van der Waals surface area contributed by atoms with Crippen molar-refractivity contribution in [3.05, 3.63) is 41.1 Å². The summed E-state index contributed by atoms with van der Waals surface area (Å²) in [5, 5.41) is 19.2. The largest absolute Gasteiger partial charge is 0.412 e. The lowest BCUT2D eigenvalue weighted by atomic mass is 9.47. The molecule has 220 valence electrons. The van der Waals surface area contributed by atoms with Gasteiger partial charge in [-0.25, -0.2) is 4.79 Å². The van der Waals surface area contributed by atoms with Crippen molar-refractivity contribution < 1.29 is 20.5 Å². The molecule has 5 aliphatic carbocycles. The second-order valence-corrected chi connectivity index (χ2v) is 14.2. The summed E-state index contributed by atoms with van der Waals surface area (Å²) >= 11 is 0. The van der Waals surface area contributed by atoms with E-state index in [9.17, 15) is 9.90 Å². The quantitative estimate of drug-likeness (QED) is 0.289. The highest BCUT2D eigenvalue weighted by Crippen LogP contribution is 2.67. The second kappa shape index (κ2) is 12.9. The average Bonchev–Trinajstić information content (AvgIpc) is 3.23. The minimum Gasteiger partial charge on any atom is -0.412 e. The van der Waals surface area contributed by atoms with E-state index in [1.54, 1.807) is 17.6 Å². The fourth-order valence-corrected chi connectivity index (χ4v) is 9.38. The fraction of sp³-hybridized carbons (Fsp3) is 0.765. The molecule has 39 heavy (non-hydrogen) atoms. The molecule has 0 aliphatic heterocycles. The van der Waals surface area contributed by atoms with Crippen molar-refractivity contribution in [2.45, 2.75) is 117 Å². The predicted molar refractivity (Wildman–Crippen MR) is 159 cm³/mol. The number of rotatable bonds is 5. The summed E-state index contributed by atoms with van der Waals surface area (Å²) in [5.41, 5.74) is 8.57. The molecule has 0 radical (unpaired) electrons. The molecule has 2 unspecified atom stereocenters. The minimum absolute atomic E-state index is 0. The zero-order valence-corrected chi connectivity index (χ0v) is 25.1. The molecular formula is C34H55NO4. The average molecular weight is 542 g/mol. The number of aliphatic hydroxyl groups excluding tert-OH is 2. The normalized spacial score (nSPS) is 39.5. The predicted octanol–water partition coefficient (Wildman–Crippen LogP) is 6.08. The summed E-state index contributed by atoms with van der Waals surface area (Å²) in [4.78, 5) is 10.1. The van der Waals surface area contributed by atoms with Crippen LogP contribution in [0.4, 0.5) is 0 Å². The molecule has 0 aromatic rings. The third-order valence-electron chi connectivity index (χ3n) is 11.5. The standard InChI is InChI=1S/C27H46O.C7H7NO2.H2O/c1-18(2)7-6-8-19(3)23-11-12-24-22-10-9-20-17-21(28)13-15-26(20,4)25(22)14-16-27(23,24)5;8-6-1-2-7(10)5(3-6)4-9;/h9,18-19,21-25,28H,6-8,10-17H2,1-5H3;1-3,7,10H,8H2;1H2/t19?,21-,22-,23+,24-,25-,26-,27+;;/m0../s1. The Balaban J connectivity index is 0.000000324. The van der Waals surface area contributed by atoms with Gasteiger partial charge in [-0.3, -0.25) is 0 Å². The Morgan fingerprint density at radius 1 is 1.05 bits per heavy atom. The Bertz CT molecular complexity index is 991. The van der Waals surface area contributed by atoms with Crippen molar-refractivity contribution in [1.82, 2.24) is 0 Å². The van der Waals surface area contributed by atoms with Crippen LogP contribution in [0.25, 0.3) is 0 Å². The van der Waals surface area contributed by atoms with Crippen molar-refractivity contribution in [1.29, 1.82) is 0 Å². The van der Waals surface area contributed by atoms with Gasteiger partial charge in [0.25, 0.3) is 0 Å². The highest BCUT2D eigenvalue weighted by atomic mass is 16.3. The van der Waals surface area contributed by atoms with Crippen LogP contribution in [0.1, 0.15) is 105 Å². The second-order valence-electron chi connectivity index (χ2n) is 14.2. The smallest absolute Gasteiger partial charge is 0.131 e. The maximum atomic E-state index is 10.2. The van der Waals surface area contributed by atoms with Gasteiger partial charge in [-0.15, -0.1) is 0 Å². The molecule has 0 spiro atoms. The molecular weight excluding hydrogens is 486 g/mol. The van der Waals surface area contributed by atoms with Crippen LogP contribution in [0.5, 0.6) is 0 Å². The van der Waals surface area contributed by atoms with Crippen LogP contribution in [0.15, 0.2) is 41.1 Å². The number of hydrogen-bond donors (Lipinski definition) is 3. The van der Waals surface area contributed by atoms with Gasteiger partial charge in [-0.05, 0) is 116 Å². The van der Waals surface area contributed by atoms with Crippen LogP contribution in [0.3, 0.4) is 0 Å². The van der Waals surface area contributed by atoms with Crippen LogP contribution in [0, 0.1) is 46.3 Å². The van der Waals surface area contributed by atoms with Gasteiger partial charge >= 0.3 is 0 Å². The highest BCUT2D eigenvalue weighted by Gasteiger charge is 2.59. The molecule has 0 aromatic heterocycles. The first-order valence-corrected chi connectivity index (χ1v) is 15.5. The van der Waals surface area contributed by atoms with E-state index in [2.05, 4.69) is 40.7 Å². The summed E-state index contributed by atoms with van der Waals surface area (Å²) in [5.74, 6) is 7.05. The Labute approximate surface area is 237 Å². The van der Waals surface area contributed by atoms with Gasteiger partial charge < -0.3 is 21.4 Å². The molecule has 5 nitrogen and oxygen atoms in total. The van der Waals surface area contributed by atoms with Crippen molar-refractivity contribution in [2.24, 2.45) is 52.1 Å². The van der Waals surface area contributed by atoms with E-state index < -0.39 is 6.10 Å². The van der Waals surface area contributed by atoms with Crippen molar-refractivity contribution in [2.75, 3.05) is 0 Å². The number of hydrogen-bond acceptors (Lipinski definition) is 4. The van der Waals surface area contributed by atoms with Gasteiger partial charge in [-0.1, -0.05) is 65.5 Å². The molecule has 5 rings (SSSR count). The van der Waals surface area contributed by atoms with E-state index >= 15 is 0 Å². The van der Waals surface area contributed by atoms with Crippen molar-refractivity contribution >= 4 is 5.94 Å². The van der Waals surface area contributed by atoms with E-state index in [0.717, 1.165) is 48.3 Å². The zero-order chi connectivity index (χ0) is 27.7. The van der Waals surface area contributed by atoms with Crippen LogP contribution in [0.2, 0.25) is 0 Å². The summed E-state index contributed by atoms with van der Waals surface area (Å²) in [6, 6.07) is 0. The summed E-state index contributed by atoms with van der Waals surface area (Å²) in [6.07, 6.45) is 20.7. The SMILES string of the molecule is CC(C)CCCC(C)[C@H]1CC[C@H]2[C@@H]3CC=C4C[C@@H](O)CC[C@]4(C)[C@H]3CC[C@]12C.NC1=CC(=C=O)C(O)C=C1.O. The molecule has 9 atom stereocenters. The van der Waals surface area contributed by atoms with Crippen LogP contribution >= 0.6 is 0 Å². The van der Waals surface area contributed by atoms with E-state index in [0.29, 0.717) is 16.5 Å². The topological polar surface area (TPSA) is 115 Å². The zero-order valence-electron chi connectivity index (χ0n) is 25.1. The lowest BCUT2D eigenvalue weighted by molar-refractivity contribution is -0.0573. The molecule has 3 fully saturated rings. The molecule has 3 saturated carbocycles. The van der Waals surface area contributed by atoms with Gasteiger partial charge in [-0.2, -0.15) is 0 Å². The van der Waals surface area contributed by atoms with E-state index in [1.165, 1.54) is 69.9 Å². The lowest BCUT2D eigenvalue weighted by Gasteiger charge is -2.58. The van der Waals surface area contributed by atoms with Gasteiger partial charge in [0.1, 0.15) is 12.0 Å². The monoisotopic (exact) mass is 541 g/mol. The van der Waals surface area contributed by atoms with Crippen LogP contribution < -0.4 is 5.73 Å². The summed E-state index contributed by atoms with van der Waals surface area (Å²) < 4.78 is 0. The van der Waals surface area contributed by atoms with E-state index in [-0.39, 0.29) is 17.2 Å². The van der Waals surface area contributed by atoms with Gasteiger partial charge in [0.2, 0.25) is 0 Å². The number of aliphatic hydroxyl groups is 2. The molecule has 0 bridgehead atoms. The maximum Gasteiger partial charge on any atom is 0.131 e. The van der Waals surface area contributed by atoms with E-state index in [1.807, 2.05) is 0 Å². The van der Waals surface area contributed by atoms with Crippen molar-refractivity contribution in [3.8, 4) is 0 Å². The number of carbonyl (C=O) groups excluding carboxylic acids is 1. The molecule has 0 saturated heterocycles. The first kappa shape index (κ1) is 31.9. The Morgan fingerprint density at radius 2 is 1.79 bits per heavy atom. The molecule has 0 amide bonds. The minimum atomic E-state index is -0.843. The molecule has 5 aliphatic rings. The molecule has 0 aromatic carbocycles. The highest BCUT2D eigenvalue weighted by molar-refractivity contribution is 5.62. The molecule has 6 N–H and O–H groups in total. The summed E-state index contributed by atoms with van der Waals surface area (Å²) in [7, 11) is 0. The van der Waals surface area contributed by atoms with Crippen LogP contribution in [-0.4, -0.2) is 33.8 Å². The third-order valence-corrected chi connectivity index (χ3v) is 11.5. The fourth-order valence-electron chi connectivity index (χ4n) is 9.38. The first-order chi connectivity index (χ1) is 18.0.